The molecule has 4 heteroatoms. The molecule has 1 rings (SSSR count). The molecule has 0 heterocycles. The zero-order valence-electron chi connectivity index (χ0n) is 9.28. The first-order valence-corrected chi connectivity index (χ1v) is 4.94. The summed E-state index contributed by atoms with van der Waals surface area (Å²) in [4.78, 5) is 10.7. The van der Waals surface area contributed by atoms with Gasteiger partial charge in [0.15, 0.2) is 0 Å². The number of carboxylic acid groups (broad SMARTS) is 1. The van der Waals surface area contributed by atoms with E-state index in [0.29, 0.717) is 23.3 Å². The molecule has 0 saturated heterocycles. The van der Waals surface area contributed by atoms with Crippen LogP contribution in [-0.2, 0) is 17.6 Å². The van der Waals surface area contributed by atoms with Gasteiger partial charge in [-0.15, -0.1) is 0 Å². The van der Waals surface area contributed by atoms with E-state index in [-0.39, 0.29) is 6.42 Å². The lowest BCUT2D eigenvalue weighted by Gasteiger charge is -2.10. The molecule has 0 amide bonds. The van der Waals surface area contributed by atoms with E-state index in [2.05, 4.69) is 0 Å². The molecular weight excluding hydrogens is 206 g/mol. The van der Waals surface area contributed by atoms with E-state index in [1.165, 1.54) is 7.11 Å². The lowest BCUT2D eigenvalue weighted by atomic mass is 9.99. The van der Waals surface area contributed by atoms with E-state index in [9.17, 15) is 4.79 Å². The minimum atomic E-state index is -0.899. The Kier molecular flexibility index (Phi) is 3.90. The molecule has 1 aromatic rings. The predicted molar refractivity (Wildman–Crippen MR) is 58.4 cm³/mol. The third-order valence-electron chi connectivity index (χ3n) is 2.36. The van der Waals surface area contributed by atoms with Crippen LogP contribution < -0.4 is 4.74 Å². The fourth-order valence-corrected chi connectivity index (χ4v) is 1.58. The van der Waals surface area contributed by atoms with Crippen LogP contribution in [0.2, 0.25) is 0 Å². The number of ether oxygens (including phenoxy) is 1. The molecule has 0 bridgehead atoms. The quantitative estimate of drug-likeness (QED) is 0.837. The van der Waals surface area contributed by atoms with Gasteiger partial charge >= 0.3 is 5.97 Å². The molecule has 0 aliphatic heterocycles. The second-order valence-corrected chi connectivity index (χ2v) is 3.36. The van der Waals surface area contributed by atoms with Crippen molar-refractivity contribution in [3.8, 4) is 11.8 Å². The molecule has 4 nitrogen and oxygen atoms in total. The van der Waals surface area contributed by atoms with Crippen molar-refractivity contribution in [3.63, 3.8) is 0 Å². The first-order valence-electron chi connectivity index (χ1n) is 4.94. The maximum atomic E-state index is 10.7. The lowest BCUT2D eigenvalue weighted by molar-refractivity contribution is -0.136. The Morgan fingerprint density at radius 2 is 2.19 bits per heavy atom. The average Bonchev–Trinajstić information content (AvgIpc) is 2.27. The molecule has 16 heavy (non-hydrogen) atoms. The second-order valence-electron chi connectivity index (χ2n) is 3.36. The van der Waals surface area contributed by atoms with Crippen LogP contribution in [0.25, 0.3) is 0 Å². The second kappa shape index (κ2) is 5.17. The van der Waals surface area contributed by atoms with Gasteiger partial charge in [0.1, 0.15) is 11.8 Å². The molecule has 84 valence electrons. The highest BCUT2D eigenvalue weighted by molar-refractivity contribution is 5.71. The van der Waals surface area contributed by atoms with Crippen molar-refractivity contribution in [1.82, 2.24) is 0 Å². The Labute approximate surface area is 94.1 Å². The fourth-order valence-electron chi connectivity index (χ4n) is 1.58. The van der Waals surface area contributed by atoms with Gasteiger partial charge in [0, 0.05) is 0 Å². The van der Waals surface area contributed by atoms with Crippen LogP contribution in [0.5, 0.6) is 5.75 Å². The maximum Gasteiger partial charge on any atom is 0.307 e. The van der Waals surface area contributed by atoms with E-state index in [1.807, 2.05) is 13.0 Å². The highest BCUT2D eigenvalue weighted by atomic mass is 16.5. The first kappa shape index (κ1) is 12.1. The Morgan fingerprint density at radius 1 is 1.50 bits per heavy atom. The van der Waals surface area contributed by atoms with Crippen molar-refractivity contribution in [1.29, 1.82) is 5.26 Å². The Balaban J connectivity index is 3.27. The van der Waals surface area contributed by atoms with E-state index in [0.717, 1.165) is 5.56 Å². The highest BCUT2D eigenvalue weighted by Crippen LogP contribution is 2.24. The molecule has 1 N–H and O–H groups in total. The number of hydrogen-bond acceptors (Lipinski definition) is 3. The van der Waals surface area contributed by atoms with Gasteiger partial charge in [-0.2, -0.15) is 5.26 Å². The molecule has 0 radical (unpaired) electrons. The molecule has 0 spiro atoms. The Morgan fingerprint density at radius 3 is 2.62 bits per heavy atom. The summed E-state index contributed by atoms with van der Waals surface area (Å²) in [6, 6.07) is 5.32. The number of rotatable bonds is 4. The molecule has 0 fully saturated rings. The molecular formula is C12H13NO3. The minimum Gasteiger partial charge on any atom is -0.495 e. The molecule has 1 aromatic carbocycles. The third-order valence-corrected chi connectivity index (χ3v) is 2.36. The van der Waals surface area contributed by atoms with Crippen molar-refractivity contribution in [3.05, 3.63) is 28.8 Å². The average molecular weight is 219 g/mol. The fraction of sp³-hybridized carbons (Fsp3) is 0.333. The number of carboxylic acids is 1. The van der Waals surface area contributed by atoms with E-state index in [1.54, 1.807) is 12.1 Å². The van der Waals surface area contributed by atoms with E-state index in [4.69, 9.17) is 15.1 Å². The number of aryl methyl sites for hydroxylation is 1. The molecule has 0 saturated carbocycles. The molecule has 0 unspecified atom stereocenters. The van der Waals surface area contributed by atoms with Crippen LogP contribution in [0, 0.1) is 11.3 Å². The summed E-state index contributed by atoms with van der Waals surface area (Å²) < 4.78 is 5.07. The topological polar surface area (TPSA) is 70.3 Å². The summed E-state index contributed by atoms with van der Waals surface area (Å²) in [5.41, 5.74) is 1.95. The Hall–Kier alpha value is -2.02. The largest absolute Gasteiger partial charge is 0.495 e. The van der Waals surface area contributed by atoms with Crippen molar-refractivity contribution in [2.75, 3.05) is 7.11 Å². The van der Waals surface area contributed by atoms with E-state index >= 15 is 0 Å². The number of benzene rings is 1. The smallest absolute Gasteiger partial charge is 0.307 e. The van der Waals surface area contributed by atoms with Crippen molar-refractivity contribution in [2.24, 2.45) is 0 Å². The summed E-state index contributed by atoms with van der Waals surface area (Å²) in [5.74, 6) is -0.405. The SMILES string of the molecule is CCc1cc(OC)c(C#N)cc1CC(=O)O. The number of aliphatic carboxylic acids is 1. The summed E-state index contributed by atoms with van der Waals surface area (Å²) >= 11 is 0. The number of nitriles is 1. The zero-order chi connectivity index (χ0) is 12.1. The number of methoxy groups -OCH3 is 1. The van der Waals surface area contributed by atoms with Crippen LogP contribution in [0.3, 0.4) is 0 Å². The Bertz CT molecular complexity index is 446. The number of nitrogens with zero attached hydrogens (tertiary/aromatic N) is 1. The molecule has 0 atom stereocenters. The normalized spacial score (nSPS) is 9.56. The maximum absolute atomic E-state index is 10.7. The van der Waals surface area contributed by atoms with Gasteiger partial charge in [0.2, 0.25) is 0 Å². The zero-order valence-corrected chi connectivity index (χ0v) is 9.28. The van der Waals surface area contributed by atoms with Gasteiger partial charge < -0.3 is 9.84 Å². The summed E-state index contributed by atoms with van der Waals surface area (Å²) in [6.07, 6.45) is 0.645. The van der Waals surface area contributed by atoms with Crippen LogP contribution in [0.4, 0.5) is 0 Å². The highest BCUT2D eigenvalue weighted by Gasteiger charge is 2.11. The minimum absolute atomic E-state index is 0.0676. The molecule has 0 aromatic heterocycles. The van der Waals surface area contributed by atoms with Gasteiger partial charge in [0.05, 0.1) is 19.1 Å². The van der Waals surface area contributed by atoms with E-state index < -0.39 is 5.97 Å². The van der Waals surface area contributed by atoms with Gasteiger partial charge in [-0.3, -0.25) is 4.79 Å². The van der Waals surface area contributed by atoms with Gasteiger partial charge in [-0.05, 0) is 29.7 Å². The van der Waals surface area contributed by atoms with Crippen molar-refractivity contribution in [2.45, 2.75) is 19.8 Å². The van der Waals surface area contributed by atoms with Gasteiger partial charge in [0.25, 0.3) is 0 Å². The van der Waals surface area contributed by atoms with Crippen LogP contribution >= 0.6 is 0 Å². The third kappa shape index (κ3) is 2.51. The first-order chi connectivity index (χ1) is 7.62. The number of carbonyl (C=O) groups is 1. The summed E-state index contributed by atoms with van der Waals surface area (Å²) in [5, 5.41) is 17.7. The van der Waals surface area contributed by atoms with Crippen LogP contribution in [0.1, 0.15) is 23.6 Å². The predicted octanol–water partition coefficient (Wildman–Crippen LogP) is 1.76. The lowest BCUT2D eigenvalue weighted by Crippen LogP contribution is -2.04. The number of hydrogen-bond donors (Lipinski definition) is 1. The van der Waals surface area contributed by atoms with Crippen LogP contribution in [0.15, 0.2) is 12.1 Å². The van der Waals surface area contributed by atoms with Crippen LogP contribution in [-0.4, -0.2) is 18.2 Å². The van der Waals surface area contributed by atoms with Crippen molar-refractivity contribution < 1.29 is 14.6 Å². The van der Waals surface area contributed by atoms with Crippen molar-refractivity contribution >= 4 is 5.97 Å². The van der Waals surface area contributed by atoms with Gasteiger partial charge in [-0.25, -0.2) is 0 Å². The summed E-state index contributed by atoms with van der Waals surface area (Å²) in [7, 11) is 1.49. The molecule has 0 aliphatic rings. The standard InChI is InChI=1S/C12H13NO3/c1-3-8-5-11(16-2)10(7-13)4-9(8)6-12(14)15/h4-5H,3,6H2,1-2H3,(H,14,15). The summed E-state index contributed by atoms with van der Waals surface area (Å²) in [6.45, 7) is 1.94. The van der Waals surface area contributed by atoms with Gasteiger partial charge in [-0.1, -0.05) is 6.92 Å². The molecule has 0 aliphatic carbocycles. The monoisotopic (exact) mass is 219 g/mol.